The standard InChI is InChI=1S/C15H17NO3S/c1-4-7-16-14(17)9-19-15(18)10-20-13-6-5-11(2)8-12(13)3/h1,5-6,8H,7,9-10H2,2-3H3,(H,16,17). The van der Waals surface area contributed by atoms with Crippen LogP contribution in [0.3, 0.4) is 0 Å². The Balaban J connectivity index is 2.33. The third-order valence-corrected chi connectivity index (χ3v) is 3.58. The van der Waals surface area contributed by atoms with Gasteiger partial charge in [0.15, 0.2) is 6.61 Å². The summed E-state index contributed by atoms with van der Waals surface area (Å²) in [5.41, 5.74) is 2.30. The number of ether oxygens (including phenoxy) is 1. The first-order valence-electron chi connectivity index (χ1n) is 6.08. The lowest BCUT2D eigenvalue weighted by atomic mass is 10.2. The van der Waals surface area contributed by atoms with Gasteiger partial charge in [-0.2, -0.15) is 0 Å². The topological polar surface area (TPSA) is 55.4 Å². The smallest absolute Gasteiger partial charge is 0.316 e. The second kappa shape index (κ2) is 8.28. The molecule has 106 valence electrons. The first kappa shape index (κ1) is 16.1. The van der Waals surface area contributed by atoms with E-state index in [1.807, 2.05) is 26.0 Å². The molecule has 0 saturated heterocycles. The highest BCUT2D eigenvalue weighted by molar-refractivity contribution is 8.00. The maximum atomic E-state index is 11.5. The van der Waals surface area contributed by atoms with Crippen LogP contribution in [-0.2, 0) is 14.3 Å². The van der Waals surface area contributed by atoms with Gasteiger partial charge in [-0.25, -0.2) is 0 Å². The van der Waals surface area contributed by atoms with Crippen molar-refractivity contribution in [2.45, 2.75) is 18.7 Å². The molecule has 1 aromatic carbocycles. The largest absolute Gasteiger partial charge is 0.455 e. The molecule has 0 aliphatic carbocycles. The van der Waals surface area contributed by atoms with Gasteiger partial charge in [0.1, 0.15) is 0 Å². The van der Waals surface area contributed by atoms with Crippen molar-refractivity contribution >= 4 is 23.6 Å². The lowest BCUT2D eigenvalue weighted by molar-refractivity contribution is -0.145. The molecular weight excluding hydrogens is 274 g/mol. The Morgan fingerprint density at radius 2 is 2.15 bits per heavy atom. The lowest BCUT2D eigenvalue weighted by Gasteiger charge is -2.07. The SMILES string of the molecule is C#CCNC(=O)COC(=O)CSc1ccc(C)cc1C. The molecule has 1 N–H and O–H groups in total. The second-order valence-corrected chi connectivity index (χ2v) is 5.22. The van der Waals surface area contributed by atoms with E-state index in [2.05, 4.69) is 17.3 Å². The summed E-state index contributed by atoms with van der Waals surface area (Å²) >= 11 is 1.39. The van der Waals surface area contributed by atoms with E-state index < -0.39 is 11.9 Å². The number of hydrogen-bond acceptors (Lipinski definition) is 4. The van der Waals surface area contributed by atoms with Gasteiger partial charge in [-0.1, -0.05) is 23.6 Å². The summed E-state index contributed by atoms with van der Waals surface area (Å²) in [6, 6.07) is 6.02. The maximum Gasteiger partial charge on any atom is 0.316 e. The number of hydrogen-bond donors (Lipinski definition) is 1. The quantitative estimate of drug-likeness (QED) is 0.492. The minimum absolute atomic E-state index is 0.133. The Bertz CT molecular complexity index is 534. The van der Waals surface area contributed by atoms with Gasteiger partial charge in [0.05, 0.1) is 12.3 Å². The Morgan fingerprint density at radius 1 is 1.40 bits per heavy atom. The van der Waals surface area contributed by atoms with E-state index in [0.717, 1.165) is 10.5 Å². The summed E-state index contributed by atoms with van der Waals surface area (Å²) in [4.78, 5) is 23.7. The molecule has 20 heavy (non-hydrogen) atoms. The number of terminal acetylenes is 1. The van der Waals surface area contributed by atoms with Crippen molar-refractivity contribution in [1.82, 2.24) is 5.32 Å². The number of rotatable bonds is 6. The highest BCUT2D eigenvalue weighted by Gasteiger charge is 2.08. The highest BCUT2D eigenvalue weighted by atomic mass is 32.2. The van der Waals surface area contributed by atoms with Gasteiger partial charge in [-0.05, 0) is 25.5 Å². The van der Waals surface area contributed by atoms with Crippen LogP contribution in [0.15, 0.2) is 23.1 Å². The molecule has 5 heteroatoms. The fourth-order valence-corrected chi connectivity index (χ4v) is 2.29. The van der Waals surface area contributed by atoms with E-state index >= 15 is 0 Å². The minimum atomic E-state index is -0.425. The maximum absolute atomic E-state index is 11.5. The van der Waals surface area contributed by atoms with Gasteiger partial charge in [0, 0.05) is 4.90 Å². The van der Waals surface area contributed by atoms with Crippen molar-refractivity contribution < 1.29 is 14.3 Å². The van der Waals surface area contributed by atoms with Crippen LogP contribution in [0.5, 0.6) is 0 Å². The minimum Gasteiger partial charge on any atom is -0.455 e. The van der Waals surface area contributed by atoms with Crippen LogP contribution >= 0.6 is 11.8 Å². The number of carbonyl (C=O) groups excluding carboxylic acids is 2. The van der Waals surface area contributed by atoms with Gasteiger partial charge in [-0.3, -0.25) is 9.59 Å². The van der Waals surface area contributed by atoms with Crippen LogP contribution in [0.25, 0.3) is 0 Å². The molecule has 1 aromatic rings. The third kappa shape index (κ3) is 5.81. The molecule has 4 nitrogen and oxygen atoms in total. The van der Waals surface area contributed by atoms with Crippen molar-refractivity contribution in [3.05, 3.63) is 29.3 Å². The summed E-state index contributed by atoms with van der Waals surface area (Å²) in [5.74, 6) is 1.62. The van der Waals surface area contributed by atoms with Gasteiger partial charge in [0.25, 0.3) is 5.91 Å². The molecule has 0 bridgehead atoms. The summed E-state index contributed by atoms with van der Waals surface area (Å²) in [5, 5.41) is 2.42. The molecule has 0 aliphatic heterocycles. The van der Waals surface area contributed by atoms with Crippen LogP contribution in [-0.4, -0.2) is 30.8 Å². The van der Waals surface area contributed by atoms with Crippen molar-refractivity contribution in [3.63, 3.8) is 0 Å². The second-order valence-electron chi connectivity index (χ2n) is 4.20. The van der Waals surface area contributed by atoms with Gasteiger partial charge in [0.2, 0.25) is 0 Å². The average molecular weight is 291 g/mol. The molecule has 1 rings (SSSR count). The number of carbonyl (C=O) groups is 2. The molecule has 0 aromatic heterocycles. The van der Waals surface area contributed by atoms with Crippen molar-refractivity contribution in [1.29, 1.82) is 0 Å². The molecule has 0 aliphatic rings. The van der Waals surface area contributed by atoms with Gasteiger partial charge in [-0.15, -0.1) is 18.2 Å². The van der Waals surface area contributed by atoms with Crippen LogP contribution < -0.4 is 5.32 Å². The fraction of sp³-hybridized carbons (Fsp3) is 0.333. The van der Waals surface area contributed by atoms with Gasteiger partial charge >= 0.3 is 5.97 Å². The summed E-state index contributed by atoms with van der Waals surface area (Å²) < 4.78 is 4.85. The van der Waals surface area contributed by atoms with E-state index in [0.29, 0.717) is 0 Å². The molecule has 0 unspecified atom stereocenters. The Kier molecular flexibility index (Phi) is 6.68. The zero-order valence-corrected chi connectivity index (χ0v) is 12.4. The Labute approximate surface area is 123 Å². The molecule has 0 saturated carbocycles. The van der Waals surface area contributed by atoms with Crippen LogP contribution in [0.4, 0.5) is 0 Å². The van der Waals surface area contributed by atoms with E-state index in [4.69, 9.17) is 11.2 Å². The lowest BCUT2D eigenvalue weighted by Crippen LogP contribution is -2.29. The van der Waals surface area contributed by atoms with Crippen LogP contribution in [0, 0.1) is 26.2 Å². The molecule has 0 radical (unpaired) electrons. The van der Waals surface area contributed by atoms with Crippen molar-refractivity contribution in [2.24, 2.45) is 0 Å². The van der Waals surface area contributed by atoms with E-state index in [1.165, 1.54) is 17.3 Å². The van der Waals surface area contributed by atoms with Crippen LogP contribution in [0.1, 0.15) is 11.1 Å². The first-order chi connectivity index (χ1) is 9.52. The Morgan fingerprint density at radius 3 is 2.80 bits per heavy atom. The fourth-order valence-electron chi connectivity index (χ4n) is 1.49. The highest BCUT2D eigenvalue weighted by Crippen LogP contribution is 2.23. The molecule has 0 heterocycles. The van der Waals surface area contributed by atoms with E-state index in [9.17, 15) is 9.59 Å². The van der Waals surface area contributed by atoms with Crippen molar-refractivity contribution in [3.8, 4) is 12.3 Å². The zero-order chi connectivity index (χ0) is 15.0. The number of amides is 1. The molecule has 0 atom stereocenters. The third-order valence-electron chi connectivity index (χ3n) is 2.43. The predicted molar refractivity (Wildman–Crippen MR) is 79.4 cm³/mol. The van der Waals surface area contributed by atoms with Gasteiger partial charge < -0.3 is 10.1 Å². The summed E-state index contributed by atoms with van der Waals surface area (Å²) in [6.07, 6.45) is 4.99. The molecule has 0 spiro atoms. The average Bonchev–Trinajstić information content (AvgIpc) is 2.41. The number of benzene rings is 1. The van der Waals surface area contributed by atoms with Crippen LogP contribution in [0.2, 0.25) is 0 Å². The summed E-state index contributed by atoms with van der Waals surface area (Å²) in [7, 11) is 0. The zero-order valence-electron chi connectivity index (χ0n) is 11.6. The Hall–Kier alpha value is -1.93. The normalized spacial score (nSPS) is 9.65. The van der Waals surface area contributed by atoms with E-state index in [-0.39, 0.29) is 18.9 Å². The number of nitrogens with one attached hydrogen (secondary N) is 1. The summed E-state index contributed by atoms with van der Waals surface area (Å²) in [6.45, 7) is 3.85. The predicted octanol–water partition coefficient (Wildman–Crippen LogP) is 1.69. The molecule has 1 amide bonds. The van der Waals surface area contributed by atoms with E-state index in [1.54, 1.807) is 0 Å². The van der Waals surface area contributed by atoms with Crippen molar-refractivity contribution in [2.75, 3.05) is 18.9 Å². The first-order valence-corrected chi connectivity index (χ1v) is 7.07. The molecular formula is C15H17NO3S. The monoisotopic (exact) mass is 291 g/mol. The number of esters is 1. The molecule has 0 fully saturated rings. The number of thioether (sulfide) groups is 1. The number of aryl methyl sites for hydroxylation is 2.